The second-order valence-corrected chi connectivity index (χ2v) is 10.6. The van der Waals surface area contributed by atoms with Crippen molar-refractivity contribution in [1.29, 1.82) is 0 Å². The smallest absolute Gasteiger partial charge is 0.252 e. The van der Waals surface area contributed by atoms with Crippen molar-refractivity contribution in [3.8, 4) is 5.75 Å². The van der Waals surface area contributed by atoms with Gasteiger partial charge in [0.1, 0.15) is 5.75 Å². The standard InChI is InChI=1S/C22H26N2O4S2/c1-5-24-19-12-9-17(28-6-2)14-20(19)29-22(24)23-21(25)13-16-7-10-18(11-8-16)30(26,27)15(3)4/h7-12,14-15H,5-6,13H2,1-4H3. The van der Waals surface area contributed by atoms with Crippen LogP contribution in [0.2, 0.25) is 0 Å². The number of aryl methyl sites for hydroxylation is 1. The van der Waals surface area contributed by atoms with Crippen molar-refractivity contribution in [3.63, 3.8) is 0 Å². The molecule has 0 unspecified atom stereocenters. The van der Waals surface area contributed by atoms with Crippen LogP contribution in [0.1, 0.15) is 33.3 Å². The summed E-state index contributed by atoms with van der Waals surface area (Å²) in [6.45, 7) is 8.54. The van der Waals surface area contributed by atoms with Gasteiger partial charge in [-0.3, -0.25) is 4.79 Å². The van der Waals surface area contributed by atoms with E-state index in [4.69, 9.17) is 4.74 Å². The molecule has 160 valence electrons. The average Bonchev–Trinajstić information content (AvgIpc) is 3.04. The van der Waals surface area contributed by atoms with Crippen molar-refractivity contribution in [2.75, 3.05) is 6.61 Å². The number of amides is 1. The number of fused-ring (bicyclic) bond motifs is 1. The molecule has 0 aliphatic heterocycles. The second kappa shape index (κ2) is 9.14. The molecular weight excluding hydrogens is 420 g/mol. The number of benzene rings is 2. The summed E-state index contributed by atoms with van der Waals surface area (Å²) >= 11 is 1.45. The minimum Gasteiger partial charge on any atom is -0.494 e. The van der Waals surface area contributed by atoms with Crippen LogP contribution in [0.25, 0.3) is 10.2 Å². The van der Waals surface area contributed by atoms with Gasteiger partial charge in [-0.2, -0.15) is 4.99 Å². The molecule has 1 amide bonds. The first-order valence-electron chi connectivity index (χ1n) is 9.92. The normalized spacial score (nSPS) is 12.6. The molecule has 2 aromatic carbocycles. The van der Waals surface area contributed by atoms with Gasteiger partial charge in [0, 0.05) is 6.54 Å². The highest BCUT2D eigenvalue weighted by Gasteiger charge is 2.19. The van der Waals surface area contributed by atoms with Crippen LogP contribution in [0.3, 0.4) is 0 Å². The van der Waals surface area contributed by atoms with Crippen molar-refractivity contribution in [1.82, 2.24) is 4.57 Å². The fraction of sp³-hybridized carbons (Fsp3) is 0.364. The molecule has 0 N–H and O–H groups in total. The highest BCUT2D eigenvalue weighted by atomic mass is 32.2. The lowest BCUT2D eigenvalue weighted by Crippen LogP contribution is -2.16. The third-order valence-corrected chi connectivity index (χ3v) is 7.94. The Morgan fingerprint density at radius 2 is 1.83 bits per heavy atom. The molecule has 8 heteroatoms. The average molecular weight is 447 g/mol. The first kappa shape index (κ1) is 22.2. The van der Waals surface area contributed by atoms with Crippen LogP contribution in [0.15, 0.2) is 52.4 Å². The summed E-state index contributed by atoms with van der Waals surface area (Å²) in [6, 6.07) is 12.3. The molecular formula is C22H26N2O4S2. The second-order valence-electron chi connectivity index (χ2n) is 7.11. The first-order chi connectivity index (χ1) is 14.3. The lowest BCUT2D eigenvalue weighted by atomic mass is 10.1. The Labute approximate surface area is 180 Å². The third kappa shape index (κ3) is 4.65. The van der Waals surface area contributed by atoms with Gasteiger partial charge in [-0.25, -0.2) is 8.42 Å². The zero-order valence-electron chi connectivity index (χ0n) is 17.6. The summed E-state index contributed by atoms with van der Waals surface area (Å²) in [5.74, 6) is 0.525. The van der Waals surface area contributed by atoms with Crippen LogP contribution in [-0.4, -0.2) is 30.7 Å². The number of hydrogen-bond donors (Lipinski definition) is 0. The molecule has 3 rings (SSSR count). The Morgan fingerprint density at radius 3 is 2.43 bits per heavy atom. The number of hydrogen-bond acceptors (Lipinski definition) is 5. The number of carbonyl (C=O) groups excluding carboxylic acids is 1. The van der Waals surface area contributed by atoms with Crippen LogP contribution < -0.4 is 9.54 Å². The number of thiazole rings is 1. The largest absolute Gasteiger partial charge is 0.494 e. The van der Waals surface area contributed by atoms with Gasteiger partial charge < -0.3 is 9.30 Å². The maximum atomic E-state index is 12.6. The number of carbonyl (C=O) groups is 1. The molecule has 0 bridgehead atoms. The lowest BCUT2D eigenvalue weighted by Gasteiger charge is -2.08. The summed E-state index contributed by atoms with van der Waals surface area (Å²) in [4.78, 5) is 17.8. The number of aromatic nitrogens is 1. The first-order valence-corrected chi connectivity index (χ1v) is 12.3. The Bertz CT molecular complexity index is 1220. The minimum absolute atomic E-state index is 0.115. The summed E-state index contributed by atoms with van der Waals surface area (Å²) in [5, 5.41) is -0.485. The van der Waals surface area contributed by atoms with E-state index in [0.717, 1.165) is 21.5 Å². The number of sulfone groups is 1. The van der Waals surface area contributed by atoms with E-state index in [9.17, 15) is 13.2 Å². The van der Waals surface area contributed by atoms with Gasteiger partial charge in [-0.15, -0.1) is 0 Å². The van der Waals surface area contributed by atoms with Crippen LogP contribution in [0.5, 0.6) is 5.75 Å². The number of nitrogens with zero attached hydrogens (tertiary/aromatic N) is 2. The zero-order valence-corrected chi connectivity index (χ0v) is 19.2. The molecule has 0 fully saturated rings. The molecule has 0 spiro atoms. The summed E-state index contributed by atoms with van der Waals surface area (Å²) in [5.41, 5.74) is 1.75. The molecule has 30 heavy (non-hydrogen) atoms. The molecule has 0 aliphatic rings. The topological polar surface area (TPSA) is 77.7 Å². The maximum absolute atomic E-state index is 12.6. The maximum Gasteiger partial charge on any atom is 0.252 e. The Kier molecular flexibility index (Phi) is 6.77. The van der Waals surface area contributed by atoms with Gasteiger partial charge in [-0.1, -0.05) is 23.5 Å². The van der Waals surface area contributed by atoms with Crippen molar-refractivity contribution >= 4 is 37.3 Å². The van der Waals surface area contributed by atoms with E-state index >= 15 is 0 Å². The minimum atomic E-state index is -3.32. The number of rotatable bonds is 7. The molecule has 1 heterocycles. The SMILES string of the molecule is CCOc1ccc2c(c1)sc(=NC(=O)Cc1ccc(S(=O)(=O)C(C)C)cc1)n2CC. The summed E-state index contributed by atoms with van der Waals surface area (Å²) < 4.78 is 33.0. The highest BCUT2D eigenvalue weighted by Crippen LogP contribution is 2.23. The molecule has 3 aromatic rings. The quantitative estimate of drug-likeness (QED) is 0.550. The van der Waals surface area contributed by atoms with Crippen LogP contribution in [-0.2, 0) is 27.6 Å². The summed E-state index contributed by atoms with van der Waals surface area (Å²) in [7, 11) is -3.32. The molecule has 1 aromatic heterocycles. The van der Waals surface area contributed by atoms with E-state index in [-0.39, 0.29) is 17.2 Å². The predicted molar refractivity (Wildman–Crippen MR) is 120 cm³/mol. The van der Waals surface area contributed by atoms with Gasteiger partial charge >= 0.3 is 0 Å². The Hall–Kier alpha value is -2.45. The summed E-state index contributed by atoms with van der Waals surface area (Å²) in [6.07, 6.45) is 0.115. The molecule has 0 aliphatic carbocycles. The molecule has 0 radical (unpaired) electrons. The van der Waals surface area contributed by atoms with Gasteiger partial charge in [0.15, 0.2) is 14.6 Å². The third-order valence-electron chi connectivity index (χ3n) is 4.73. The Balaban J connectivity index is 1.86. The van der Waals surface area contributed by atoms with Gasteiger partial charge in [-0.05, 0) is 63.6 Å². The van der Waals surface area contributed by atoms with Crippen molar-refractivity contribution in [2.24, 2.45) is 4.99 Å². The van der Waals surface area contributed by atoms with Crippen molar-refractivity contribution < 1.29 is 17.9 Å². The van der Waals surface area contributed by atoms with Crippen LogP contribution >= 0.6 is 11.3 Å². The van der Waals surface area contributed by atoms with Crippen molar-refractivity contribution in [2.45, 2.75) is 50.8 Å². The van der Waals surface area contributed by atoms with Crippen molar-refractivity contribution in [3.05, 3.63) is 52.8 Å². The van der Waals surface area contributed by atoms with Crippen LogP contribution in [0, 0.1) is 0 Å². The fourth-order valence-corrected chi connectivity index (χ4v) is 5.29. The van der Waals surface area contributed by atoms with E-state index in [1.165, 1.54) is 11.3 Å². The molecule has 0 saturated heterocycles. The molecule has 6 nitrogen and oxygen atoms in total. The van der Waals surface area contributed by atoms with E-state index in [1.54, 1.807) is 38.1 Å². The fourth-order valence-electron chi connectivity index (χ4n) is 3.09. The van der Waals surface area contributed by atoms with Gasteiger partial charge in [0.25, 0.3) is 5.91 Å². The monoisotopic (exact) mass is 446 g/mol. The van der Waals surface area contributed by atoms with E-state index in [1.807, 2.05) is 36.6 Å². The van der Waals surface area contributed by atoms with E-state index in [0.29, 0.717) is 18.0 Å². The lowest BCUT2D eigenvalue weighted by molar-refractivity contribution is -0.117. The van der Waals surface area contributed by atoms with Gasteiger partial charge in [0.2, 0.25) is 0 Å². The Morgan fingerprint density at radius 1 is 1.13 bits per heavy atom. The van der Waals surface area contributed by atoms with Gasteiger partial charge in [0.05, 0.1) is 33.4 Å². The van der Waals surface area contributed by atoms with E-state index in [2.05, 4.69) is 4.99 Å². The highest BCUT2D eigenvalue weighted by molar-refractivity contribution is 7.92. The predicted octanol–water partition coefficient (Wildman–Crippen LogP) is 3.97. The zero-order chi connectivity index (χ0) is 21.9. The van der Waals surface area contributed by atoms with E-state index < -0.39 is 15.1 Å². The molecule has 0 saturated carbocycles. The molecule has 0 atom stereocenters. The van der Waals surface area contributed by atoms with Crippen LogP contribution in [0.4, 0.5) is 0 Å². The number of ether oxygens (including phenoxy) is 1.